The van der Waals surface area contributed by atoms with E-state index in [-0.39, 0.29) is 6.42 Å². The van der Waals surface area contributed by atoms with Crippen LogP contribution in [0.15, 0.2) is 42.6 Å². The van der Waals surface area contributed by atoms with E-state index in [1.54, 1.807) is 19.2 Å². The van der Waals surface area contributed by atoms with Gasteiger partial charge in [-0.2, -0.15) is 0 Å². The van der Waals surface area contributed by atoms with Crippen LogP contribution in [0.4, 0.5) is 0 Å². The summed E-state index contributed by atoms with van der Waals surface area (Å²) in [6.07, 6.45) is 4.27. The van der Waals surface area contributed by atoms with Crippen LogP contribution in [-0.2, 0) is 29.4 Å². The number of nitrogens with zero attached hydrogens (tertiary/aromatic N) is 1. The average Bonchev–Trinajstić information content (AvgIpc) is 3.02. The van der Waals surface area contributed by atoms with Gasteiger partial charge in [-0.1, -0.05) is 12.1 Å². The molecular weight excluding hydrogens is 370 g/mol. The summed E-state index contributed by atoms with van der Waals surface area (Å²) in [7, 11) is 4.95. The lowest BCUT2D eigenvalue weighted by atomic mass is 9.99. The maximum absolute atomic E-state index is 11.8. The minimum absolute atomic E-state index is 0.170. The first-order chi connectivity index (χ1) is 13.9. The van der Waals surface area contributed by atoms with Gasteiger partial charge in [-0.15, -0.1) is 0 Å². The SMILES string of the molecule is COC(=O)c1ccc(Cc2cn(C)c3ccc(CCCC(=O)O)cc23)c(OC)c1. The van der Waals surface area contributed by atoms with Crippen LogP contribution in [0.2, 0.25) is 0 Å². The van der Waals surface area contributed by atoms with E-state index in [1.165, 1.54) is 7.11 Å². The van der Waals surface area contributed by atoms with Gasteiger partial charge in [0.05, 0.1) is 19.8 Å². The molecule has 3 aromatic rings. The number of aliphatic carboxylic acids is 1. The molecule has 6 heteroatoms. The van der Waals surface area contributed by atoms with Crippen LogP contribution in [0.3, 0.4) is 0 Å². The van der Waals surface area contributed by atoms with Crippen LogP contribution in [0, 0.1) is 0 Å². The second-order valence-electron chi connectivity index (χ2n) is 7.06. The molecule has 0 saturated carbocycles. The molecule has 0 radical (unpaired) electrons. The lowest BCUT2D eigenvalue weighted by molar-refractivity contribution is -0.137. The Morgan fingerprint density at radius 2 is 1.86 bits per heavy atom. The highest BCUT2D eigenvalue weighted by molar-refractivity contribution is 5.90. The molecule has 0 atom stereocenters. The van der Waals surface area contributed by atoms with Crippen LogP contribution < -0.4 is 4.74 Å². The van der Waals surface area contributed by atoms with E-state index in [9.17, 15) is 9.59 Å². The summed E-state index contributed by atoms with van der Waals surface area (Å²) in [5.74, 6) is -0.525. The number of esters is 1. The number of hydrogen-bond donors (Lipinski definition) is 1. The Kier molecular flexibility index (Phi) is 6.22. The summed E-state index contributed by atoms with van der Waals surface area (Å²) < 4.78 is 12.4. The zero-order valence-electron chi connectivity index (χ0n) is 16.9. The fraction of sp³-hybridized carbons (Fsp3) is 0.304. The standard InChI is InChI=1S/C23H25NO5/c1-24-14-18(12-16-8-9-17(23(27)29-3)13-21(16)28-2)19-11-15(7-10-20(19)24)5-4-6-22(25)26/h7-11,13-14H,4-6,12H2,1-3H3,(H,25,26). The van der Waals surface area contributed by atoms with E-state index >= 15 is 0 Å². The number of carbonyl (C=O) groups excluding carboxylic acids is 1. The summed E-state index contributed by atoms with van der Waals surface area (Å²) in [6.45, 7) is 0. The molecule has 0 saturated heterocycles. The Hall–Kier alpha value is -3.28. The molecule has 0 aliphatic rings. The molecule has 0 aliphatic carbocycles. The third-order valence-corrected chi connectivity index (χ3v) is 5.08. The zero-order chi connectivity index (χ0) is 21.0. The van der Waals surface area contributed by atoms with E-state index in [1.807, 2.05) is 13.1 Å². The minimum Gasteiger partial charge on any atom is -0.496 e. The van der Waals surface area contributed by atoms with E-state index in [4.69, 9.17) is 14.6 Å². The van der Waals surface area contributed by atoms with Crippen LogP contribution in [0.25, 0.3) is 10.9 Å². The normalized spacial score (nSPS) is 10.9. The summed E-state index contributed by atoms with van der Waals surface area (Å²) >= 11 is 0. The number of methoxy groups -OCH3 is 2. The highest BCUT2D eigenvalue weighted by Gasteiger charge is 2.14. The maximum Gasteiger partial charge on any atom is 0.337 e. The number of carboxylic acid groups (broad SMARTS) is 1. The van der Waals surface area contributed by atoms with Gasteiger partial charge in [0.15, 0.2) is 0 Å². The summed E-state index contributed by atoms with van der Waals surface area (Å²) in [5.41, 5.74) is 4.81. The molecule has 152 valence electrons. The minimum atomic E-state index is -0.769. The Labute approximate surface area is 169 Å². The van der Waals surface area contributed by atoms with Crippen LogP contribution >= 0.6 is 0 Å². The fourth-order valence-electron chi connectivity index (χ4n) is 3.60. The van der Waals surface area contributed by atoms with Crippen molar-refractivity contribution in [2.24, 2.45) is 7.05 Å². The topological polar surface area (TPSA) is 77.8 Å². The number of rotatable bonds is 8. The van der Waals surface area contributed by atoms with E-state index < -0.39 is 11.9 Å². The van der Waals surface area contributed by atoms with E-state index in [2.05, 4.69) is 29.0 Å². The van der Waals surface area contributed by atoms with Crippen LogP contribution in [0.5, 0.6) is 5.75 Å². The molecule has 3 rings (SSSR count). The molecule has 0 amide bonds. The quantitative estimate of drug-likeness (QED) is 0.584. The Bertz CT molecular complexity index is 1050. The lowest BCUT2D eigenvalue weighted by Crippen LogP contribution is -2.03. The number of hydrogen-bond acceptors (Lipinski definition) is 4. The predicted octanol–water partition coefficient (Wildman–Crippen LogP) is 3.97. The monoisotopic (exact) mass is 395 g/mol. The van der Waals surface area contributed by atoms with Gasteiger partial charge in [0.2, 0.25) is 0 Å². The number of fused-ring (bicyclic) bond motifs is 1. The predicted molar refractivity (Wildman–Crippen MR) is 111 cm³/mol. The van der Waals surface area contributed by atoms with Crippen molar-refractivity contribution in [3.63, 3.8) is 0 Å². The van der Waals surface area contributed by atoms with Crippen molar-refractivity contribution in [1.29, 1.82) is 0 Å². The summed E-state index contributed by atoms with van der Waals surface area (Å²) in [4.78, 5) is 22.5. The first-order valence-electron chi connectivity index (χ1n) is 9.46. The van der Waals surface area contributed by atoms with Crippen molar-refractivity contribution in [2.45, 2.75) is 25.7 Å². The number of aromatic nitrogens is 1. The van der Waals surface area contributed by atoms with Gasteiger partial charge in [-0.3, -0.25) is 4.79 Å². The Morgan fingerprint density at radius 3 is 2.55 bits per heavy atom. The average molecular weight is 395 g/mol. The molecule has 1 aromatic heterocycles. The first kappa shape index (κ1) is 20.5. The second-order valence-corrected chi connectivity index (χ2v) is 7.06. The molecule has 0 fully saturated rings. The highest BCUT2D eigenvalue weighted by Crippen LogP contribution is 2.29. The Morgan fingerprint density at radius 1 is 1.07 bits per heavy atom. The van der Waals surface area contributed by atoms with Crippen molar-refractivity contribution >= 4 is 22.8 Å². The van der Waals surface area contributed by atoms with Crippen molar-refractivity contribution in [3.05, 3.63) is 64.8 Å². The molecule has 1 heterocycles. The van der Waals surface area contributed by atoms with Gasteiger partial charge >= 0.3 is 11.9 Å². The van der Waals surface area contributed by atoms with Gasteiger partial charge in [-0.25, -0.2) is 4.79 Å². The number of aryl methyl sites for hydroxylation is 2. The molecule has 0 bridgehead atoms. The largest absolute Gasteiger partial charge is 0.496 e. The van der Waals surface area contributed by atoms with Gasteiger partial charge < -0.3 is 19.1 Å². The first-order valence-corrected chi connectivity index (χ1v) is 9.46. The molecular formula is C23H25NO5. The van der Waals surface area contributed by atoms with Crippen molar-refractivity contribution in [2.75, 3.05) is 14.2 Å². The van der Waals surface area contributed by atoms with Crippen LogP contribution in [-0.4, -0.2) is 35.8 Å². The maximum atomic E-state index is 11.8. The van der Waals surface area contributed by atoms with Crippen LogP contribution in [0.1, 0.15) is 39.9 Å². The fourth-order valence-corrected chi connectivity index (χ4v) is 3.60. The highest BCUT2D eigenvalue weighted by atomic mass is 16.5. The van der Waals surface area contributed by atoms with Gasteiger partial charge in [0.25, 0.3) is 0 Å². The molecule has 2 aromatic carbocycles. The van der Waals surface area contributed by atoms with Gasteiger partial charge in [-0.05, 0) is 53.8 Å². The third-order valence-electron chi connectivity index (χ3n) is 5.08. The summed E-state index contributed by atoms with van der Waals surface area (Å²) in [5, 5.41) is 9.99. The molecule has 0 aliphatic heterocycles. The van der Waals surface area contributed by atoms with Crippen molar-refractivity contribution < 1.29 is 24.2 Å². The lowest BCUT2D eigenvalue weighted by Gasteiger charge is -2.10. The Balaban J connectivity index is 1.91. The molecule has 0 unspecified atom stereocenters. The molecule has 6 nitrogen and oxygen atoms in total. The molecule has 1 N–H and O–H groups in total. The molecule has 0 spiro atoms. The van der Waals surface area contributed by atoms with Crippen molar-refractivity contribution in [3.8, 4) is 5.75 Å². The van der Waals surface area contributed by atoms with E-state index in [0.29, 0.717) is 24.2 Å². The zero-order valence-corrected chi connectivity index (χ0v) is 16.9. The second kappa shape index (κ2) is 8.82. The number of ether oxygens (including phenoxy) is 2. The smallest absolute Gasteiger partial charge is 0.337 e. The number of carboxylic acids is 1. The summed E-state index contributed by atoms with van der Waals surface area (Å²) in [6, 6.07) is 11.6. The van der Waals surface area contributed by atoms with Gasteiger partial charge in [0, 0.05) is 37.0 Å². The van der Waals surface area contributed by atoms with E-state index in [0.717, 1.165) is 34.0 Å². The third kappa shape index (κ3) is 4.59. The number of benzene rings is 2. The van der Waals surface area contributed by atoms with Crippen molar-refractivity contribution in [1.82, 2.24) is 4.57 Å². The number of carbonyl (C=O) groups is 2. The molecule has 29 heavy (non-hydrogen) atoms. The van der Waals surface area contributed by atoms with Gasteiger partial charge in [0.1, 0.15) is 5.75 Å².